The maximum Gasteiger partial charge on any atom is 0.331 e. The first-order valence-corrected chi connectivity index (χ1v) is 7.31. The number of carbonyl (C=O) groups is 2. The molecule has 0 aromatic heterocycles. The van der Waals surface area contributed by atoms with Gasteiger partial charge in [0.15, 0.2) is 6.04 Å². The average molecular weight is 338 g/mol. The van der Waals surface area contributed by atoms with E-state index in [1.165, 1.54) is 18.1 Å². The largest absolute Gasteiger partial charge is 0.467 e. The quantitative estimate of drug-likeness (QED) is 0.799. The number of anilines is 1. The van der Waals surface area contributed by atoms with Gasteiger partial charge in [0.05, 0.1) is 23.8 Å². The topological polar surface area (TPSA) is 103 Å². The first-order valence-electron chi connectivity index (χ1n) is 6.93. The predicted molar refractivity (Wildman–Crippen MR) is 83.1 cm³/mol. The third-order valence-electron chi connectivity index (χ3n) is 3.82. The normalized spacial score (nSPS) is 20.0. The highest BCUT2D eigenvalue weighted by Gasteiger charge is 2.42. The first-order chi connectivity index (χ1) is 10.9. The summed E-state index contributed by atoms with van der Waals surface area (Å²) in [6, 6.07) is 3.45. The molecule has 1 aromatic rings. The molecule has 1 aliphatic rings. The van der Waals surface area contributed by atoms with Gasteiger partial charge in [0.2, 0.25) is 0 Å². The Hall–Kier alpha value is -2.30. The lowest BCUT2D eigenvalue weighted by Crippen LogP contribution is -2.47. The molecule has 1 saturated heterocycles. The van der Waals surface area contributed by atoms with Gasteiger partial charge in [-0.25, -0.2) is 9.59 Å². The standard InChI is InChI=1S/C15H16ClN3O4/c1-8-10(4-3-9(7-17)12(8)16)18-15(22)19-6-5-11(20)13(19)14(21)23-2/h3-4,11,13,20H,5-6H2,1-2H3,(H,18,22)/t11-,13?/m1/s1. The summed E-state index contributed by atoms with van der Waals surface area (Å²) < 4.78 is 4.63. The van der Waals surface area contributed by atoms with E-state index in [9.17, 15) is 14.7 Å². The summed E-state index contributed by atoms with van der Waals surface area (Å²) in [5, 5.41) is 21.7. The van der Waals surface area contributed by atoms with E-state index in [1.807, 2.05) is 6.07 Å². The highest BCUT2D eigenvalue weighted by molar-refractivity contribution is 6.33. The maximum absolute atomic E-state index is 12.4. The fourth-order valence-electron chi connectivity index (χ4n) is 2.50. The number of aliphatic hydroxyl groups is 1. The van der Waals surface area contributed by atoms with Gasteiger partial charge in [-0.1, -0.05) is 11.6 Å². The Bertz CT molecular complexity index is 686. The molecule has 122 valence electrons. The number of benzene rings is 1. The van der Waals surface area contributed by atoms with Gasteiger partial charge in [-0.15, -0.1) is 0 Å². The SMILES string of the molecule is COC(=O)C1[C@H](O)CCN1C(=O)Nc1ccc(C#N)c(Cl)c1C. The van der Waals surface area contributed by atoms with Gasteiger partial charge in [-0.05, 0) is 31.0 Å². The van der Waals surface area contributed by atoms with Crippen molar-refractivity contribution in [3.05, 3.63) is 28.3 Å². The number of hydrogen-bond donors (Lipinski definition) is 2. The minimum Gasteiger partial charge on any atom is -0.467 e. The number of rotatable bonds is 2. The number of hydrogen-bond acceptors (Lipinski definition) is 5. The fraction of sp³-hybridized carbons (Fsp3) is 0.400. The lowest BCUT2D eigenvalue weighted by Gasteiger charge is -2.24. The second-order valence-corrected chi connectivity index (χ2v) is 5.54. The molecule has 1 unspecified atom stereocenters. The molecule has 1 heterocycles. The minimum absolute atomic E-state index is 0.232. The Labute approximate surface area is 138 Å². The van der Waals surface area contributed by atoms with Gasteiger partial charge in [0.1, 0.15) is 6.07 Å². The van der Waals surface area contributed by atoms with E-state index in [1.54, 1.807) is 13.0 Å². The van der Waals surface area contributed by atoms with Gasteiger partial charge in [-0.2, -0.15) is 5.26 Å². The van der Waals surface area contributed by atoms with Gasteiger partial charge in [0, 0.05) is 12.2 Å². The lowest BCUT2D eigenvalue weighted by molar-refractivity contribution is -0.147. The van der Waals surface area contributed by atoms with Crippen molar-refractivity contribution in [2.75, 3.05) is 19.0 Å². The van der Waals surface area contributed by atoms with Crippen molar-refractivity contribution in [1.82, 2.24) is 4.90 Å². The molecule has 1 aromatic carbocycles. The van der Waals surface area contributed by atoms with E-state index in [4.69, 9.17) is 16.9 Å². The molecule has 7 nitrogen and oxygen atoms in total. The van der Waals surface area contributed by atoms with Crippen molar-refractivity contribution in [3.8, 4) is 6.07 Å². The van der Waals surface area contributed by atoms with Crippen molar-refractivity contribution in [2.24, 2.45) is 0 Å². The molecule has 2 amide bonds. The van der Waals surface area contributed by atoms with Crippen LogP contribution in [0.4, 0.5) is 10.5 Å². The smallest absolute Gasteiger partial charge is 0.331 e. The van der Waals surface area contributed by atoms with Crippen molar-refractivity contribution >= 4 is 29.3 Å². The number of amides is 2. The second kappa shape index (κ2) is 6.86. The monoisotopic (exact) mass is 337 g/mol. The van der Waals surface area contributed by atoms with Crippen molar-refractivity contribution < 1.29 is 19.4 Å². The third-order valence-corrected chi connectivity index (χ3v) is 4.31. The Kier molecular flexibility index (Phi) is 5.08. The van der Waals surface area contributed by atoms with Crippen LogP contribution in [0.1, 0.15) is 17.5 Å². The number of halogens is 1. The summed E-state index contributed by atoms with van der Waals surface area (Å²) in [7, 11) is 1.20. The number of likely N-dealkylation sites (tertiary alicyclic amines) is 1. The van der Waals surface area contributed by atoms with Crippen LogP contribution in [0.2, 0.25) is 5.02 Å². The van der Waals surface area contributed by atoms with Gasteiger partial charge >= 0.3 is 12.0 Å². The van der Waals surface area contributed by atoms with E-state index in [0.29, 0.717) is 23.2 Å². The van der Waals surface area contributed by atoms with Crippen LogP contribution in [-0.4, -0.2) is 47.8 Å². The summed E-state index contributed by atoms with van der Waals surface area (Å²) in [5.41, 5.74) is 1.30. The zero-order valence-electron chi connectivity index (χ0n) is 12.7. The van der Waals surface area contributed by atoms with Crippen LogP contribution < -0.4 is 5.32 Å². The molecule has 0 saturated carbocycles. The molecule has 2 rings (SSSR count). The highest BCUT2D eigenvalue weighted by atomic mass is 35.5. The molecule has 1 aliphatic heterocycles. The van der Waals surface area contributed by atoms with E-state index in [2.05, 4.69) is 10.1 Å². The second-order valence-electron chi connectivity index (χ2n) is 5.16. The van der Waals surface area contributed by atoms with Gasteiger partial charge in [0.25, 0.3) is 0 Å². The predicted octanol–water partition coefficient (Wildman–Crippen LogP) is 1.66. The Balaban J connectivity index is 2.21. The molecule has 0 radical (unpaired) electrons. The summed E-state index contributed by atoms with van der Waals surface area (Å²) >= 11 is 6.06. The Morgan fingerprint density at radius 2 is 2.22 bits per heavy atom. The first kappa shape index (κ1) is 17.1. The molecular weight excluding hydrogens is 322 g/mol. The molecule has 8 heteroatoms. The number of aliphatic hydroxyl groups excluding tert-OH is 1. The van der Waals surface area contributed by atoms with Crippen molar-refractivity contribution in [2.45, 2.75) is 25.5 Å². The Morgan fingerprint density at radius 1 is 1.52 bits per heavy atom. The van der Waals surface area contributed by atoms with E-state index >= 15 is 0 Å². The molecule has 2 atom stereocenters. The average Bonchev–Trinajstić information content (AvgIpc) is 2.93. The van der Waals surface area contributed by atoms with Crippen LogP contribution in [0.5, 0.6) is 0 Å². The van der Waals surface area contributed by atoms with Crippen LogP contribution in [0.25, 0.3) is 0 Å². The molecule has 0 aliphatic carbocycles. The zero-order valence-corrected chi connectivity index (χ0v) is 13.4. The number of urea groups is 1. The number of carbonyl (C=O) groups excluding carboxylic acids is 2. The number of ether oxygens (including phenoxy) is 1. The maximum atomic E-state index is 12.4. The highest BCUT2D eigenvalue weighted by Crippen LogP contribution is 2.28. The lowest BCUT2D eigenvalue weighted by atomic mass is 10.1. The minimum atomic E-state index is -1.03. The van der Waals surface area contributed by atoms with Crippen molar-refractivity contribution in [1.29, 1.82) is 5.26 Å². The molecule has 2 N–H and O–H groups in total. The zero-order chi connectivity index (χ0) is 17.1. The van der Waals surface area contributed by atoms with Crippen molar-refractivity contribution in [3.63, 3.8) is 0 Å². The van der Waals surface area contributed by atoms with Crippen LogP contribution in [0.15, 0.2) is 12.1 Å². The number of methoxy groups -OCH3 is 1. The van der Waals surface area contributed by atoms with Crippen LogP contribution in [0, 0.1) is 18.3 Å². The molecule has 23 heavy (non-hydrogen) atoms. The van der Waals surface area contributed by atoms with E-state index in [0.717, 1.165) is 0 Å². The van der Waals surface area contributed by atoms with Gasteiger partial charge < -0.3 is 20.1 Å². The molecule has 1 fully saturated rings. The van der Waals surface area contributed by atoms with Gasteiger partial charge in [-0.3, -0.25) is 0 Å². The Morgan fingerprint density at radius 3 is 2.83 bits per heavy atom. The molecule has 0 spiro atoms. The summed E-state index contributed by atoms with van der Waals surface area (Å²) in [6.07, 6.45) is -0.667. The van der Waals surface area contributed by atoms with Crippen LogP contribution in [-0.2, 0) is 9.53 Å². The number of esters is 1. The molecular formula is C15H16ClN3O4. The van der Waals surface area contributed by atoms with E-state index < -0.39 is 24.1 Å². The fourth-order valence-corrected chi connectivity index (χ4v) is 2.71. The summed E-state index contributed by atoms with van der Waals surface area (Å²) in [4.78, 5) is 25.4. The summed E-state index contributed by atoms with van der Waals surface area (Å²) in [5.74, 6) is -0.667. The number of nitrogens with one attached hydrogen (secondary N) is 1. The number of nitriles is 1. The third kappa shape index (κ3) is 3.23. The van der Waals surface area contributed by atoms with Crippen LogP contribution in [0.3, 0.4) is 0 Å². The summed E-state index contributed by atoms with van der Waals surface area (Å²) in [6.45, 7) is 1.91. The van der Waals surface area contributed by atoms with Crippen LogP contribution >= 0.6 is 11.6 Å². The number of nitrogens with zero attached hydrogens (tertiary/aromatic N) is 2. The van der Waals surface area contributed by atoms with E-state index in [-0.39, 0.29) is 11.6 Å². The molecule has 0 bridgehead atoms.